The molecule has 0 aromatic carbocycles. The van der Waals surface area contributed by atoms with Gasteiger partial charge in [-0.2, -0.15) is 0 Å². The molecule has 2 aliphatic heterocycles. The maximum atomic E-state index is 11.7. The molecule has 0 aliphatic carbocycles. The smallest absolute Gasteiger partial charge is 0.191 e. The van der Waals surface area contributed by atoms with E-state index in [9.17, 15) is 8.42 Å². The second-order valence-corrected chi connectivity index (χ2v) is 8.97. The van der Waals surface area contributed by atoms with E-state index in [1.54, 1.807) is 6.26 Å². The molecule has 2 fully saturated rings. The summed E-state index contributed by atoms with van der Waals surface area (Å²) >= 11 is 0. The predicted molar refractivity (Wildman–Crippen MR) is 114 cm³/mol. The van der Waals surface area contributed by atoms with Crippen molar-refractivity contribution >= 4 is 39.8 Å². The SMILES string of the molecule is CCNC(=NCC(c1ccco1)N1CCCC1)NC1CCS(=O)(=O)C1.I. The van der Waals surface area contributed by atoms with Crippen LogP contribution in [0.3, 0.4) is 0 Å². The van der Waals surface area contributed by atoms with E-state index < -0.39 is 9.84 Å². The Labute approximate surface area is 172 Å². The lowest BCUT2D eigenvalue weighted by Crippen LogP contribution is -2.44. The van der Waals surface area contributed by atoms with Gasteiger partial charge in [0, 0.05) is 12.6 Å². The Morgan fingerprint density at radius 1 is 1.42 bits per heavy atom. The monoisotopic (exact) mass is 496 g/mol. The molecule has 26 heavy (non-hydrogen) atoms. The van der Waals surface area contributed by atoms with Crippen LogP contribution in [-0.2, 0) is 9.84 Å². The standard InChI is InChI=1S/C17H28N4O3S.HI/c1-2-18-17(20-14-7-11-25(22,23)13-14)19-12-15(16-6-5-10-24-16)21-8-3-4-9-21;/h5-6,10,14-15H,2-4,7-9,11-13H2,1H3,(H2,18,19,20);1H. The number of furan rings is 1. The fourth-order valence-corrected chi connectivity index (χ4v) is 5.19. The number of halogens is 1. The summed E-state index contributed by atoms with van der Waals surface area (Å²) in [4.78, 5) is 7.13. The summed E-state index contributed by atoms with van der Waals surface area (Å²) < 4.78 is 28.9. The lowest BCUT2D eigenvalue weighted by atomic mass is 10.2. The highest BCUT2D eigenvalue weighted by Crippen LogP contribution is 2.25. The van der Waals surface area contributed by atoms with Crippen molar-refractivity contribution in [2.24, 2.45) is 4.99 Å². The first-order chi connectivity index (χ1) is 12.1. The zero-order chi connectivity index (χ0) is 17.7. The number of hydrogen-bond donors (Lipinski definition) is 2. The number of likely N-dealkylation sites (tertiary alicyclic amines) is 1. The minimum Gasteiger partial charge on any atom is -0.468 e. The fourth-order valence-electron chi connectivity index (χ4n) is 3.52. The number of nitrogens with zero attached hydrogens (tertiary/aromatic N) is 2. The third-order valence-corrected chi connectivity index (χ3v) is 6.56. The molecule has 1 aromatic heterocycles. The van der Waals surface area contributed by atoms with Crippen LogP contribution in [0.5, 0.6) is 0 Å². The Morgan fingerprint density at radius 2 is 2.19 bits per heavy atom. The Balaban J connectivity index is 0.00000243. The summed E-state index contributed by atoms with van der Waals surface area (Å²) in [5, 5.41) is 6.50. The van der Waals surface area contributed by atoms with Crippen molar-refractivity contribution in [1.29, 1.82) is 0 Å². The number of hydrogen-bond acceptors (Lipinski definition) is 5. The minimum atomic E-state index is -2.90. The molecule has 2 unspecified atom stereocenters. The van der Waals surface area contributed by atoms with Crippen molar-refractivity contribution in [3.05, 3.63) is 24.2 Å². The summed E-state index contributed by atoms with van der Waals surface area (Å²) in [5.41, 5.74) is 0. The predicted octanol–water partition coefficient (Wildman–Crippen LogP) is 1.78. The largest absolute Gasteiger partial charge is 0.468 e. The third kappa shape index (κ3) is 5.85. The first-order valence-corrected chi connectivity index (χ1v) is 10.9. The van der Waals surface area contributed by atoms with Crippen LogP contribution in [0, 0.1) is 0 Å². The Hall–Kier alpha value is -0.810. The van der Waals surface area contributed by atoms with Gasteiger partial charge in [0.2, 0.25) is 0 Å². The lowest BCUT2D eigenvalue weighted by Gasteiger charge is -2.25. The van der Waals surface area contributed by atoms with E-state index in [0.717, 1.165) is 25.4 Å². The van der Waals surface area contributed by atoms with Gasteiger partial charge in [0.1, 0.15) is 5.76 Å². The minimum absolute atomic E-state index is 0. The molecule has 0 spiro atoms. The summed E-state index contributed by atoms with van der Waals surface area (Å²) in [6.07, 6.45) is 4.76. The van der Waals surface area contributed by atoms with Gasteiger partial charge in [0.05, 0.1) is 30.4 Å². The molecule has 9 heteroatoms. The van der Waals surface area contributed by atoms with E-state index in [1.165, 1.54) is 12.8 Å². The molecule has 0 radical (unpaired) electrons. The second kappa shape index (κ2) is 9.93. The van der Waals surface area contributed by atoms with Crippen molar-refractivity contribution in [2.45, 2.75) is 38.3 Å². The summed E-state index contributed by atoms with van der Waals surface area (Å²) in [6.45, 7) is 5.45. The van der Waals surface area contributed by atoms with Crippen molar-refractivity contribution in [2.75, 3.05) is 37.7 Å². The lowest BCUT2D eigenvalue weighted by molar-refractivity contribution is 0.221. The van der Waals surface area contributed by atoms with Crippen molar-refractivity contribution in [1.82, 2.24) is 15.5 Å². The number of rotatable bonds is 6. The maximum Gasteiger partial charge on any atom is 0.191 e. The zero-order valence-corrected chi connectivity index (χ0v) is 18.3. The summed E-state index contributed by atoms with van der Waals surface area (Å²) in [6, 6.07) is 3.98. The molecule has 2 aliphatic rings. The van der Waals surface area contributed by atoms with Crippen LogP contribution in [-0.4, -0.2) is 63.0 Å². The Bertz CT molecular complexity index is 672. The van der Waals surface area contributed by atoms with Crippen molar-refractivity contribution in [3.63, 3.8) is 0 Å². The van der Waals surface area contributed by atoms with Crippen LogP contribution in [0.4, 0.5) is 0 Å². The highest BCUT2D eigenvalue weighted by atomic mass is 127. The third-order valence-electron chi connectivity index (χ3n) is 4.79. The zero-order valence-electron chi connectivity index (χ0n) is 15.2. The van der Waals surface area contributed by atoms with Gasteiger partial charge >= 0.3 is 0 Å². The Kier molecular flexibility index (Phi) is 8.21. The van der Waals surface area contributed by atoms with Gasteiger partial charge in [-0.1, -0.05) is 0 Å². The molecular formula is C17H29IN4O3S. The van der Waals surface area contributed by atoms with Crippen molar-refractivity contribution < 1.29 is 12.8 Å². The van der Waals surface area contributed by atoms with Crippen LogP contribution in [0.1, 0.15) is 38.0 Å². The van der Waals surface area contributed by atoms with Gasteiger partial charge < -0.3 is 15.1 Å². The first-order valence-electron chi connectivity index (χ1n) is 9.10. The quantitative estimate of drug-likeness (QED) is 0.355. The van der Waals surface area contributed by atoms with E-state index in [2.05, 4.69) is 15.5 Å². The van der Waals surface area contributed by atoms with Gasteiger partial charge in [0.25, 0.3) is 0 Å². The van der Waals surface area contributed by atoms with Crippen LogP contribution < -0.4 is 10.6 Å². The number of aliphatic imine (C=N–C) groups is 1. The molecule has 2 N–H and O–H groups in total. The van der Waals surface area contributed by atoms with E-state index in [0.29, 0.717) is 18.9 Å². The normalized spacial score (nSPS) is 24.2. The van der Waals surface area contributed by atoms with Crippen LogP contribution in [0.15, 0.2) is 27.8 Å². The van der Waals surface area contributed by atoms with E-state index in [1.807, 2.05) is 19.1 Å². The molecule has 3 heterocycles. The van der Waals surface area contributed by atoms with Gasteiger partial charge in [-0.25, -0.2) is 8.42 Å². The van der Waals surface area contributed by atoms with E-state index >= 15 is 0 Å². The molecular weight excluding hydrogens is 467 g/mol. The highest BCUT2D eigenvalue weighted by Gasteiger charge is 2.29. The fraction of sp³-hybridized carbons (Fsp3) is 0.706. The average molecular weight is 496 g/mol. The topological polar surface area (TPSA) is 86.9 Å². The van der Waals surface area contributed by atoms with Gasteiger partial charge in [-0.15, -0.1) is 24.0 Å². The summed E-state index contributed by atoms with van der Waals surface area (Å²) in [7, 11) is -2.90. The van der Waals surface area contributed by atoms with E-state index in [-0.39, 0.29) is 47.6 Å². The molecule has 0 amide bonds. The summed E-state index contributed by atoms with van der Waals surface area (Å²) in [5.74, 6) is 2.06. The number of guanidine groups is 1. The van der Waals surface area contributed by atoms with Crippen LogP contribution in [0.2, 0.25) is 0 Å². The first kappa shape index (κ1) is 21.5. The van der Waals surface area contributed by atoms with Crippen LogP contribution in [0.25, 0.3) is 0 Å². The van der Waals surface area contributed by atoms with Gasteiger partial charge in [-0.05, 0) is 51.4 Å². The molecule has 2 atom stereocenters. The molecule has 3 rings (SSSR count). The van der Waals surface area contributed by atoms with Gasteiger partial charge in [0.15, 0.2) is 15.8 Å². The second-order valence-electron chi connectivity index (χ2n) is 6.74. The van der Waals surface area contributed by atoms with Crippen LogP contribution >= 0.6 is 24.0 Å². The average Bonchev–Trinajstić information content (AvgIpc) is 3.30. The van der Waals surface area contributed by atoms with Crippen molar-refractivity contribution in [3.8, 4) is 0 Å². The molecule has 2 saturated heterocycles. The number of sulfone groups is 1. The molecule has 1 aromatic rings. The molecule has 0 saturated carbocycles. The highest BCUT2D eigenvalue weighted by molar-refractivity contribution is 14.0. The maximum absolute atomic E-state index is 11.7. The Morgan fingerprint density at radius 3 is 2.77 bits per heavy atom. The molecule has 0 bridgehead atoms. The van der Waals surface area contributed by atoms with E-state index in [4.69, 9.17) is 9.41 Å². The van der Waals surface area contributed by atoms with Gasteiger partial charge in [-0.3, -0.25) is 9.89 Å². The molecule has 7 nitrogen and oxygen atoms in total. The molecule has 148 valence electrons. The number of nitrogens with one attached hydrogen (secondary N) is 2.